The summed E-state index contributed by atoms with van der Waals surface area (Å²) in [6, 6.07) is 8.30. The predicted molar refractivity (Wildman–Crippen MR) is 127 cm³/mol. The second-order valence-electron chi connectivity index (χ2n) is 8.37. The zero-order chi connectivity index (χ0) is 21.8. The molecule has 32 heavy (non-hydrogen) atoms. The summed E-state index contributed by atoms with van der Waals surface area (Å²) in [5.41, 5.74) is 18.1. The number of aryl methyl sites for hydroxylation is 1. The fourth-order valence-electron chi connectivity index (χ4n) is 4.43. The first-order valence-corrected chi connectivity index (χ1v) is 11.5. The Labute approximate surface area is 189 Å². The summed E-state index contributed by atoms with van der Waals surface area (Å²) in [5.74, 6) is 2.70. The molecule has 0 amide bonds. The van der Waals surface area contributed by atoms with E-state index in [9.17, 15) is 0 Å². The Morgan fingerprint density at radius 3 is 2.81 bits per heavy atom. The molecule has 1 fully saturated rings. The van der Waals surface area contributed by atoms with E-state index in [4.69, 9.17) is 16.2 Å². The highest BCUT2D eigenvalue weighted by molar-refractivity contribution is 7.21. The van der Waals surface area contributed by atoms with Crippen LogP contribution in [-0.4, -0.2) is 33.1 Å². The van der Waals surface area contributed by atoms with Crippen LogP contribution in [0.5, 0.6) is 5.75 Å². The molecule has 4 N–H and O–H groups in total. The van der Waals surface area contributed by atoms with Gasteiger partial charge in [-0.3, -0.25) is 0 Å². The van der Waals surface area contributed by atoms with Gasteiger partial charge >= 0.3 is 0 Å². The highest BCUT2D eigenvalue weighted by atomic mass is 32.1. The van der Waals surface area contributed by atoms with E-state index in [0.29, 0.717) is 30.1 Å². The van der Waals surface area contributed by atoms with E-state index in [-0.39, 0.29) is 0 Å². The number of fused-ring (bicyclic) bond motifs is 2. The van der Waals surface area contributed by atoms with Gasteiger partial charge in [-0.15, -0.1) is 0 Å². The molecule has 6 rings (SSSR count). The maximum Gasteiger partial charge on any atom is 0.222 e. The van der Waals surface area contributed by atoms with E-state index in [2.05, 4.69) is 37.0 Å². The fourth-order valence-corrected chi connectivity index (χ4v) is 5.09. The van der Waals surface area contributed by atoms with Gasteiger partial charge < -0.3 is 21.1 Å². The van der Waals surface area contributed by atoms with Gasteiger partial charge in [-0.25, -0.2) is 15.0 Å². The molecule has 1 aliphatic heterocycles. The van der Waals surface area contributed by atoms with Gasteiger partial charge in [-0.05, 0) is 49.4 Å². The van der Waals surface area contributed by atoms with Crippen molar-refractivity contribution in [2.45, 2.75) is 32.2 Å². The minimum Gasteiger partial charge on any atom is -0.491 e. The van der Waals surface area contributed by atoms with Crippen molar-refractivity contribution in [1.82, 2.24) is 19.9 Å². The quantitative estimate of drug-likeness (QED) is 0.488. The normalized spacial score (nSPS) is 16.0. The van der Waals surface area contributed by atoms with E-state index in [1.54, 1.807) is 0 Å². The molecule has 0 spiro atoms. The Hall–Kier alpha value is -3.46. The number of hydrogen-bond donors (Lipinski definition) is 2. The number of rotatable bonds is 3. The molecule has 1 aromatic carbocycles. The molecule has 2 aliphatic rings. The zero-order valence-corrected chi connectivity index (χ0v) is 18.5. The second-order valence-corrected chi connectivity index (χ2v) is 9.38. The first-order valence-electron chi connectivity index (χ1n) is 10.7. The Morgan fingerprint density at radius 1 is 1.09 bits per heavy atom. The molecule has 1 saturated carbocycles. The lowest BCUT2D eigenvalue weighted by Gasteiger charge is -2.25. The molecular formula is C23H23N7OS. The van der Waals surface area contributed by atoms with Crippen LogP contribution in [0.4, 0.5) is 16.9 Å². The third kappa shape index (κ3) is 3.38. The summed E-state index contributed by atoms with van der Waals surface area (Å²) in [5, 5.41) is 0.529. The van der Waals surface area contributed by atoms with E-state index in [1.165, 1.54) is 29.7 Å². The molecule has 0 unspecified atom stereocenters. The summed E-state index contributed by atoms with van der Waals surface area (Å²) >= 11 is 1.40. The lowest BCUT2D eigenvalue weighted by molar-refractivity contribution is 0.331. The molecule has 0 radical (unpaired) electrons. The summed E-state index contributed by atoms with van der Waals surface area (Å²) in [6.07, 6.45) is 4.24. The van der Waals surface area contributed by atoms with Crippen molar-refractivity contribution in [2.24, 2.45) is 0 Å². The molecule has 4 aromatic rings. The molecule has 0 bridgehead atoms. The lowest BCUT2D eigenvalue weighted by Crippen LogP contribution is -2.28. The molecule has 1 aliphatic carbocycles. The third-order valence-corrected chi connectivity index (χ3v) is 6.86. The van der Waals surface area contributed by atoms with Crippen molar-refractivity contribution in [1.29, 1.82) is 0 Å². The van der Waals surface area contributed by atoms with Crippen molar-refractivity contribution in [3.05, 3.63) is 47.3 Å². The Bertz CT molecular complexity index is 1350. The van der Waals surface area contributed by atoms with Crippen LogP contribution in [0.1, 0.15) is 35.6 Å². The van der Waals surface area contributed by atoms with Gasteiger partial charge in [0.2, 0.25) is 5.95 Å². The second kappa shape index (κ2) is 7.30. The van der Waals surface area contributed by atoms with Crippen LogP contribution in [0, 0.1) is 6.92 Å². The number of nitrogens with zero attached hydrogens (tertiary/aromatic N) is 5. The average Bonchev–Trinajstić information content (AvgIpc) is 3.55. The van der Waals surface area contributed by atoms with Crippen LogP contribution in [0.2, 0.25) is 0 Å². The number of anilines is 3. The molecule has 3 aromatic heterocycles. The van der Waals surface area contributed by atoms with Gasteiger partial charge in [-0.2, -0.15) is 4.98 Å². The zero-order valence-electron chi connectivity index (χ0n) is 17.7. The average molecular weight is 446 g/mol. The van der Waals surface area contributed by atoms with E-state index < -0.39 is 0 Å². The van der Waals surface area contributed by atoms with Crippen LogP contribution < -0.4 is 21.1 Å². The van der Waals surface area contributed by atoms with Crippen molar-refractivity contribution >= 4 is 38.6 Å². The molecule has 0 atom stereocenters. The van der Waals surface area contributed by atoms with Gasteiger partial charge in [0.15, 0.2) is 5.13 Å². The number of aromatic nitrogens is 4. The SMILES string of the molecule is Cc1nc(N)nc(N2CCOc3ccc(-c4cnc5sc(N)nc5c4)cc3C2)c1C1CC1. The molecule has 4 heterocycles. The number of nitrogen functional groups attached to an aromatic ring is 2. The molecular weight excluding hydrogens is 422 g/mol. The maximum atomic E-state index is 6.08. The molecule has 9 heteroatoms. The summed E-state index contributed by atoms with van der Waals surface area (Å²) in [7, 11) is 0. The van der Waals surface area contributed by atoms with Gasteiger partial charge in [0.25, 0.3) is 0 Å². The number of ether oxygens (including phenoxy) is 1. The monoisotopic (exact) mass is 445 g/mol. The van der Waals surface area contributed by atoms with E-state index >= 15 is 0 Å². The highest BCUT2D eigenvalue weighted by Crippen LogP contribution is 2.46. The van der Waals surface area contributed by atoms with Crippen molar-refractivity contribution in [2.75, 3.05) is 29.5 Å². The number of benzene rings is 1. The van der Waals surface area contributed by atoms with Crippen LogP contribution in [0.15, 0.2) is 30.5 Å². The maximum absolute atomic E-state index is 6.08. The molecule has 0 saturated heterocycles. The largest absolute Gasteiger partial charge is 0.491 e. The van der Waals surface area contributed by atoms with Crippen molar-refractivity contribution in [3.8, 4) is 16.9 Å². The fraction of sp³-hybridized carbons (Fsp3) is 0.304. The number of pyridine rings is 1. The standard InChI is InChI=1S/C23H23N7OS/c1-12-19(13-2-3-13)20(29-22(24)27-12)30-6-7-31-18-5-4-14(8-16(18)11-30)15-9-17-21(26-10-15)32-23(25)28-17/h4-5,8-10,13H,2-3,6-7,11H2,1H3,(H2,25,28)(H2,24,27,29). The van der Waals surface area contributed by atoms with Gasteiger partial charge in [-0.1, -0.05) is 17.4 Å². The first kappa shape index (κ1) is 19.2. The Kier molecular flexibility index (Phi) is 4.39. The Balaban J connectivity index is 1.38. The summed E-state index contributed by atoms with van der Waals surface area (Å²) in [4.78, 5) is 21.1. The van der Waals surface area contributed by atoms with E-state index in [0.717, 1.165) is 50.8 Å². The topological polar surface area (TPSA) is 116 Å². The summed E-state index contributed by atoms with van der Waals surface area (Å²) in [6.45, 7) is 4.05. The number of nitrogens with two attached hydrogens (primary N) is 2. The lowest BCUT2D eigenvalue weighted by atomic mass is 10.0. The van der Waals surface area contributed by atoms with Crippen LogP contribution >= 0.6 is 11.3 Å². The minimum absolute atomic E-state index is 0.322. The first-order chi connectivity index (χ1) is 15.5. The van der Waals surface area contributed by atoms with Crippen LogP contribution in [-0.2, 0) is 6.54 Å². The number of hydrogen-bond acceptors (Lipinski definition) is 9. The van der Waals surface area contributed by atoms with E-state index in [1.807, 2.05) is 25.3 Å². The molecule has 8 nitrogen and oxygen atoms in total. The van der Waals surface area contributed by atoms with Crippen LogP contribution in [0.3, 0.4) is 0 Å². The Morgan fingerprint density at radius 2 is 1.97 bits per heavy atom. The predicted octanol–water partition coefficient (Wildman–Crippen LogP) is 3.90. The van der Waals surface area contributed by atoms with Crippen LogP contribution in [0.25, 0.3) is 21.5 Å². The van der Waals surface area contributed by atoms with Gasteiger partial charge in [0.1, 0.15) is 28.5 Å². The molecule has 162 valence electrons. The van der Waals surface area contributed by atoms with Gasteiger partial charge in [0.05, 0.1) is 6.54 Å². The van der Waals surface area contributed by atoms with Gasteiger partial charge in [0, 0.05) is 35.1 Å². The highest BCUT2D eigenvalue weighted by Gasteiger charge is 2.32. The van der Waals surface area contributed by atoms with Crippen molar-refractivity contribution < 1.29 is 4.74 Å². The summed E-state index contributed by atoms with van der Waals surface area (Å²) < 4.78 is 6.08. The van der Waals surface area contributed by atoms with Crippen molar-refractivity contribution in [3.63, 3.8) is 0 Å². The third-order valence-electron chi connectivity index (χ3n) is 6.06. The smallest absolute Gasteiger partial charge is 0.222 e. The minimum atomic E-state index is 0.322. The number of thiazole rings is 1.